The molecule has 3 heterocycles. The first kappa shape index (κ1) is 17.0. The number of aromatic nitrogens is 1. The summed E-state index contributed by atoms with van der Waals surface area (Å²) >= 11 is 0. The zero-order chi connectivity index (χ0) is 17.3. The normalized spacial score (nSPS) is 30.0. The van der Waals surface area contributed by atoms with Gasteiger partial charge in [0.15, 0.2) is 5.76 Å². The fourth-order valence-electron chi connectivity index (χ4n) is 4.99. The van der Waals surface area contributed by atoms with E-state index in [9.17, 15) is 4.79 Å². The lowest BCUT2D eigenvalue weighted by Crippen LogP contribution is -2.47. The second-order valence-electron chi connectivity index (χ2n) is 8.07. The fourth-order valence-corrected chi connectivity index (χ4v) is 4.99. The lowest BCUT2D eigenvalue weighted by molar-refractivity contribution is -0.131. The highest BCUT2D eigenvalue weighted by molar-refractivity contribution is 5.84. The fraction of sp³-hybridized carbons (Fsp3) is 0.789. The number of nitrogens with one attached hydrogen (secondary N) is 2. The monoisotopic (exact) mass is 346 g/mol. The second-order valence-corrected chi connectivity index (χ2v) is 8.07. The van der Waals surface area contributed by atoms with Crippen molar-refractivity contribution in [1.29, 1.82) is 0 Å². The van der Waals surface area contributed by atoms with E-state index >= 15 is 0 Å². The molecular weight excluding hydrogens is 316 g/mol. The lowest BCUT2D eigenvalue weighted by Gasteiger charge is -2.28. The van der Waals surface area contributed by atoms with Gasteiger partial charge in [-0.25, -0.2) is 0 Å². The molecule has 2 saturated heterocycles. The highest BCUT2D eigenvalue weighted by atomic mass is 16.5. The van der Waals surface area contributed by atoms with Crippen molar-refractivity contribution in [3.8, 4) is 0 Å². The van der Waals surface area contributed by atoms with E-state index in [1.807, 2.05) is 6.07 Å². The molecule has 0 spiro atoms. The summed E-state index contributed by atoms with van der Waals surface area (Å²) < 4.78 is 5.35. The standard InChI is InChI=1S/C19H30N4O2/c1-2-5-15-8-17(25-22-15)10-21-18(24)19-12-20-9-14(19)11-23(13-19)16-6-3-4-7-16/h8,14,16,20H,2-7,9-13H2,1H3,(H,21,24)/t14-,19-/m1/s1. The Kier molecular flexibility index (Phi) is 4.82. The molecule has 3 aliphatic rings. The van der Waals surface area contributed by atoms with Gasteiger partial charge in [0.05, 0.1) is 17.7 Å². The van der Waals surface area contributed by atoms with E-state index < -0.39 is 0 Å². The van der Waals surface area contributed by atoms with E-state index in [0.29, 0.717) is 18.5 Å². The topological polar surface area (TPSA) is 70.4 Å². The number of likely N-dealkylation sites (tertiary alicyclic amines) is 1. The maximum absolute atomic E-state index is 13.1. The molecule has 25 heavy (non-hydrogen) atoms. The molecule has 1 aromatic rings. The molecule has 1 aliphatic carbocycles. The number of carbonyl (C=O) groups is 1. The van der Waals surface area contributed by atoms with Crippen LogP contribution in [0, 0.1) is 11.3 Å². The van der Waals surface area contributed by atoms with E-state index in [1.54, 1.807) is 0 Å². The molecule has 0 radical (unpaired) electrons. The van der Waals surface area contributed by atoms with Gasteiger partial charge in [-0.2, -0.15) is 0 Å². The molecule has 2 N–H and O–H groups in total. The third kappa shape index (κ3) is 3.22. The minimum atomic E-state index is -0.269. The average molecular weight is 346 g/mol. The van der Waals surface area contributed by atoms with Gasteiger partial charge in [0.2, 0.25) is 5.91 Å². The Balaban J connectivity index is 1.39. The highest BCUT2D eigenvalue weighted by Gasteiger charge is 2.55. The maximum Gasteiger partial charge on any atom is 0.229 e. The van der Waals surface area contributed by atoms with Crippen LogP contribution >= 0.6 is 0 Å². The Morgan fingerprint density at radius 1 is 1.48 bits per heavy atom. The predicted molar refractivity (Wildman–Crippen MR) is 95.0 cm³/mol. The van der Waals surface area contributed by atoms with Crippen LogP contribution in [0.1, 0.15) is 50.5 Å². The van der Waals surface area contributed by atoms with Crippen LogP contribution in [0.15, 0.2) is 10.6 Å². The molecular formula is C19H30N4O2. The summed E-state index contributed by atoms with van der Waals surface area (Å²) in [5, 5.41) is 10.6. The van der Waals surface area contributed by atoms with Crippen LogP contribution in [0.2, 0.25) is 0 Å². The number of hydrogen-bond donors (Lipinski definition) is 2. The van der Waals surface area contributed by atoms with Crippen molar-refractivity contribution in [2.75, 3.05) is 26.2 Å². The van der Waals surface area contributed by atoms with Gasteiger partial charge in [-0.1, -0.05) is 31.3 Å². The molecule has 3 fully saturated rings. The van der Waals surface area contributed by atoms with Crippen molar-refractivity contribution >= 4 is 5.91 Å². The molecule has 4 rings (SSSR count). The van der Waals surface area contributed by atoms with Crippen molar-refractivity contribution in [2.45, 2.75) is 58.0 Å². The first-order chi connectivity index (χ1) is 12.2. The molecule has 1 aromatic heterocycles. The highest BCUT2D eigenvalue weighted by Crippen LogP contribution is 2.42. The molecule has 6 heteroatoms. The van der Waals surface area contributed by atoms with Crippen molar-refractivity contribution in [2.24, 2.45) is 11.3 Å². The van der Waals surface area contributed by atoms with Crippen LogP contribution in [0.5, 0.6) is 0 Å². The van der Waals surface area contributed by atoms with Crippen molar-refractivity contribution in [1.82, 2.24) is 20.7 Å². The van der Waals surface area contributed by atoms with E-state index in [-0.39, 0.29) is 11.3 Å². The van der Waals surface area contributed by atoms with Gasteiger partial charge in [0.1, 0.15) is 0 Å². The molecule has 0 bridgehead atoms. The molecule has 2 aliphatic heterocycles. The maximum atomic E-state index is 13.1. The largest absolute Gasteiger partial charge is 0.359 e. The summed E-state index contributed by atoms with van der Waals surface area (Å²) in [6.07, 6.45) is 7.26. The number of nitrogens with zero attached hydrogens (tertiary/aromatic N) is 2. The van der Waals surface area contributed by atoms with Gasteiger partial charge in [0.25, 0.3) is 0 Å². The Morgan fingerprint density at radius 3 is 3.12 bits per heavy atom. The molecule has 1 saturated carbocycles. The Hall–Kier alpha value is -1.40. The van der Waals surface area contributed by atoms with Gasteiger partial charge >= 0.3 is 0 Å². The Labute approximate surface area is 149 Å². The zero-order valence-corrected chi connectivity index (χ0v) is 15.2. The predicted octanol–water partition coefficient (Wildman–Crippen LogP) is 1.71. The SMILES string of the molecule is CCCc1cc(CNC(=O)[C@@]23CNC[C@@H]2CN(C2CCCC2)C3)on1. The van der Waals surface area contributed by atoms with E-state index in [1.165, 1.54) is 25.7 Å². The summed E-state index contributed by atoms with van der Waals surface area (Å²) in [6, 6.07) is 2.66. The molecule has 0 unspecified atom stereocenters. The number of carbonyl (C=O) groups excluding carboxylic acids is 1. The number of hydrogen-bond acceptors (Lipinski definition) is 5. The zero-order valence-electron chi connectivity index (χ0n) is 15.2. The second kappa shape index (κ2) is 7.08. The third-order valence-electron chi connectivity index (χ3n) is 6.38. The van der Waals surface area contributed by atoms with Crippen molar-refractivity contribution < 1.29 is 9.32 Å². The number of aryl methyl sites for hydroxylation is 1. The minimum Gasteiger partial charge on any atom is -0.359 e. The summed E-state index contributed by atoms with van der Waals surface area (Å²) in [4.78, 5) is 15.7. The van der Waals surface area contributed by atoms with Gasteiger partial charge < -0.3 is 15.2 Å². The Bertz CT molecular complexity index is 610. The lowest BCUT2D eigenvalue weighted by atomic mass is 9.80. The molecule has 2 atom stereocenters. The summed E-state index contributed by atoms with van der Waals surface area (Å²) in [5.41, 5.74) is 0.702. The average Bonchev–Trinajstić information content (AvgIpc) is 3.35. The number of rotatable bonds is 6. The van der Waals surface area contributed by atoms with Crippen LogP contribution in [0.3, 0.4) is 0 Å². The number of fused-ring (bicyclic) bond motifs is 1. The van der Waals surface area contributed by atoms with Gasteiger partial charge in [-0.05, 0) is 19.3 Å². The summed E-state index contributed by atoms with van der Waals surface area (Å²) in [7, 11) is 0. The van der Waals surface area contributed by atoms with Crippen LogP contribution in [-0.4, -0.2) is 48.2 Å². The minimum absolute atomic E-state index is 0.177. The summed E-state index contributed by atoms with van der Waals surface area (Å²) in [5.74, 6) is 1.36. The summed E-state index contributed by atoms with van der Waals surface area (Å²) in [6.45, 7) is 6.28. The number of amides is 1. The molecule has 1 amide bonds. The van der Waals surface area contributed by atoms with Crippen molar-refractivity contribution in [3.05, 3.63) is 17.5 Å². The van der Waals surface area contributed by atoms with Crippen LogP contribution < -0.4 is 10.6 Å². The first-order valence-electron chi connectivity index (χ1n) is 9.89. The molecule has 0 aromatic carbocycles. The van der Waals surface area contributed by atoms with Crippen LogP contribution in [0.25, 0.3) is 0 Å². The van der Waals surface area contributed by atoms with E-state index in [4.69, 9.17) is 4.52 Å². The van der Waals surface area contributed by atoms with Crippen molar-refractivity contribution in [3.63, 3.8) is 0 Å². The van der Waals surface area contributed by atoms with Gasteiger partial charge in [-0.3, -0.25) is 9.69 Å². The quantitative estimate of drug-likeness (QED) is 0.821. The van der Waals surface area contributed by atoms with E-state index in [2.05, 4.69) is 27.6 Å². The first-order valence-corrected chi connectivity index (χ1v) is 9.89. The smallest absolute Gasteiger partial charge is 0.229 e. The van der Waals surface area contributed by atoms with Gasteiger partial charge in [0, 0.05) is 44.2 Å². The van der Waals surface area contributed by atoms with Crippen LogP contribution in [0.4, 0.5) is 0 Å². The van der Waals surface area contributed by atoms with E-state index in [0.717, 1.165) is 50.5 Å². The van der Waals surface area contributed by atoms with Gasteiger partial charge in [-0.15, -0.1) is 0 Å². The molecule has 138 valence electrons. The van der Waals surface area contributed by atoms with Crippen LogP contribution in [-0.2, 0) is 17.8 Å². The Morgan fingerprint density at radius 2 is 2.32 bits per heavy atom. The third-order valence-corrected chi connectivity index (χ3v) is 6.38. The molecule has 6 nitrogen and oxygen atoms in total.